The monoisotopic (exact) mass is 342 g/mol. The number of carbonyl (C=O) groups excluding carboxylic acids is 1. The molecule has 0 aliphatic carbocycles. The molecule has 0 fully saturated rings. The van der Waals surface area contributed by atoms with Crippen molar-refractivity contribution < 1.29 is 14.0 Å². The van der Waals surface area contributed by atoms with Gasteiger partial charge in [0.2, 0.25) is 0 Å². The minimum atomic E-state index is -1.62. The summed E-state index contributed by atoms with van der Waals surface area (Å²) >= 11 is 0. The molecule has 0 aromatic carbocycles. The van der Waals surface area contributed by atoms with Crippen molar-refractivity contribution in [3.63, 3.8) is 0 Å². The van der Waals surface area contributed by atoms with E-state index in [0.29, 0.717) is 12.2 Å². The van der Waals surface area contributed by atoms with Crippen LogP contribution in [0.3, 0.4) is 0 Å². The van der Waals surface area contributed by atoms with Gasteiger partial charge in [0, 0.05) is 18.6 Å². The predicted octanol–water partition coefficient (Wildman–Crippen LogP) is 5.86. The van der Waals surface area contributed by atoms with Crippen molar-refractivity contribution in [2.75, 3.05) is 13.2 Å². The summed E-state index contributed by atoms with van der Waals surface area (Å²) in [4.78, 5) is 11.4. The van der Waals surface area contributed by atoms with Gasteiger partial charge < -0.3 is 9.16 Å². The first kappa shape index (κ1) is 22.4. The summed E-state index contributed by atoms with van der Waals surface area (Å²) in [6.45, 7) is 13.2. The largest absolute Gasteiger partial charge is 0.462 e. The van der Waals surface area contributed by atoms with Crippen LogP contribution in [0.1, 0.15) is 72.6 Å². The van der Waals surface area contributed by atoms with Crippen LogP contribution in [-0.4, -0.2) is 27.5 Å². The van der Waals surface area contributed by atoms with Crippen molar-refractivity contribution >= 4 is 14.3 Å². The molecule has 0 bridgehead atoms. The molecule has 0 rings (SSSR count). The van der Waals surface area contributed by atoms with Crippen LogP contribution in [0.4, 0.5) is 0 Å². The maximum atomic E-state index is 11.4. The molecule has 0 heterocycles. The number of esters is 1. The van der Waals surface area contributed by atoms with Gasteiger partial charge in [0.25, 0.3) is 0 Å². The number of rotatable bonds is 15. The van der Waals surface area contributed by atoms with E-state index in [-0.39, 0.29) is 5.97 Å². The Bertz CT molecular complexity index is 307. The Morgan fingerprint density at radius 2 is 1.35 bits per heavy atom. The number of hydrogen-bond donors (Lipinski definition) is 0. The number of hydrogen-bond acceptors (Lipinski definition) is 3. The van der Waals surface area contributed by atoms with Gasteiger partial charge in [-0.05, 0) is 25.1 Å². The van der Waals surface area contributed by atoms with Gasteiger partial charge in [-0.3, -0.25) is 0 Å². The molecule has 0 saturated carbocycles. The third-order valence-corrected chi connectivity index (χ3v) is 8.85. The topological polar surface area (TPSA) is 35.5 Å². The highest BCUT2D eigenvalue weighted by atomic mass is 28.4. The van der Waals surface area contributed by atoms with Crippen LogP contribution in [0.15, 0.2) is 12.2 Å². The second-order valence-corrected chi connectivity index (χ2v) is 10.8. The van der Waals surface area contributed by atoms with Crippen LogP contribution in [0.25, 0.3) is 0 Å². The molecule has 0 aliphatic heterocycles. The molecule has 136 valence electrons. The first-order valence-corrected chi connectivity index (χ1v) is 12.0. The third kappa shape index (κ3) is 10.7. The second-order valence-electron chi connectivity index (χ2n) is 6.61. The standard InChI is InChI=1S/C19H38O3Si/c1-6-9-15-23(16-10-7-2,17-11-8-3)22-14-12-13-21-19(20)18(4)5/h4,6-17H2,1-3,5H3. The Morgan fingerprint density at radius 3 is 1.74 bits per heavy atom. The Kier molecular flexibility index (Phi) is 13.4. The van der Waals surface area contributed by atoms with Crippen LogP contribution in [0.2, 0.25) is 18.1 Å². The summed E-state index contributed by atoms with van der Waals surface area (Å²) < 4.78 is 11.7. The molecule has 0 saturated heterocycles. The number of ether oxygens (including phenoxy) is 1. The Morgan fingerprint density at radius 1 is 0.870 bits per heavy atom. The maximum absolute atomic E-state index is 11.4. The van der Waals surface area contributed by atoms with Gasteiger partial charge in [0.05, 0.1) is 6.61 Å². The quantitative estimate of drug-likeness (QED) is 0.162. The molecule has 3 nitrogen and oxygen atoms in total. The molecule has 4 heteroatoms. The SMILES string of the molecule is C=C(C)C(=O)OCCCO[Si](CCCC)(CCCC)CCCC. The van der Waals surface area contributed by atoms with Crippen LogP contribution in [0, 0.1) is 0 Å². The Labute approximate surface area is 145 Å². The minimum Gasteiger partial charge on any atom is -0.462 e. The molecule has 0 spiro atoms. The van der Waals surface area contributed by atoms with Gasteiger partial charge >= 0.3 is 5.97 Å². The molecule has 0 atom stereocenters. The molecule has 0 radical (unpaired) electrons. The summed E-state index contributed by atoms with van der Waals surface area (Å²) in [7, 11) is -1.62. The zero-order valence-electron chi connectivity index (χ0n) is 15.9. The van der Waals surface area contributed by atoms with E-state index in [4.69, 9.17) is 9.16 Å². The zero-order chi connectivity index (χ0) is 17.6. The molecule has 0 aromatic heterocycles. The number of unbranched alkanes of at least 4 members (excludes halogenated alkanes) is 3. The van der Waals surface area contributed by atoms with Crippen LogP contribution < -0.4 is 0 Å². The van der Waals surface area contributed by atoms with Crippen molar-refractivity contribution in [3.05, 3.63) is 12.2 Å². The molecule has 0 N–H and O–H groups in total. The highest BCUT2D eigenvalue weighted by Gasteiger charge is 2.32. The average Bonchev–Trinajstić information content (AvgIpc) is 2.55. The lowest BCUT2D eigenvalue weighted by Crippen LogP contribution is -2.38. The van der Waals surface area contributed by atoms with E-state index in [1.54, 1.807) is 6.92 Å². The van der Waals surface area contributed by atoms with Crippen molar-refractivity contribution in [1.82, 2.24) is 0 Å². The normalized spacial score (nSPS) is 11.5. The molecule has 23 heavy (non-hydrogen) atoms. The average molecular weight is 343 g/mol. The Balaban J connectivity index is 4.40. The fraction of sp³-hybridized carbons (Fsp3) is 0.842. The van der Waals surface area contributed by atoms with E-state index < -0.39 is 8.32 Å². The number of carbonyl (C=O) groups is 1. The highest BCUT2D eigenvalue weighted by molar-refractivity contribution is 6.73. The van der Waals surface area contributed by atoms with Gasteiger partial charge in [-0.1, -0.05) is 65.9 Å². The first-order chi connectivity index (χ1) is 11.0. The van der Waals surface area contributed by atoms with Crippen molar-refractivity contribution in [3.8, 4) is 0 Å². The van der Waals surface area contributed by atoms with Gasteiger partial charge in [0.15, 0.2) is 8.32 Å². The molecular formula is C19H38O3Si. The lowest BCUT2D eigenvalue weighted by Gasteiger charge is -2.32. The molecule has 0 unspecified atom stereocenters. The molecule has 0 aromatic rings. The van der Waals surface area contributed by atoms with E-state index in [1.807, 2.05) is 0 Å². The lowest BCUT2D eigenvalue weighted by atomic mass is 10.4. The lowest BCUT2D eigenvalue weighted by molar-refractivity contribution is -0.139. The van der Waals surface area contributed by atoms with Crippen molar-refractivity contribution in [2.24, 2.45) is 0 Å². The predicted molar refractivity (Wildman–Crippen MR) is 101 cm³/mol. The molecule has 0 aliphatic rings. The van der Waals surface area contributed by atoms with Crippen LogP contribution in [0.5, 0.6) is 0 Å². The van der Waals surface area contributed by atoms with Gasteiger partial charge in [-0.25, -0.2) is 4.79 Å². The summed E-state index contributed by atoms with van der Waals surface area (Å²) in [5.41, 5.74) is 0.462. The third-order valence-electron chi connectivity index (χ3n) is 4.24. The van der Waals surface area contributed by atoms with Gasteiger partial charge in [-0.2, -0.15) is 0 Å². The van der Waals surface area contributed by atoms with Gasteiger partial charge in [-0.15, -0.1) is 0 Å². The van der Waals surface area contributed by atoms with Gasteiger partial charge in [0.1, 0.15) is 0 Å². The Hall–Kier alpha value is -0.613. The zero-order valence-corrected chi connectivity index (χ0v) is 16.9. The van der Waals surface area contributed by atoms with E-state index in [0.717, 1.165) is 13.0 Å². The summed E-state index contributed by atoms with van der Waals surface area (Å²) in [5.74, 6) is -0.295. The fourth-order valence-electron chi connectivity index (χ4n) is 2.72. The summed E-state index contributed by atoms with van der Waals surface area (Å²) in [6.07, 6.45) is 8.36. The van der Waals surface area contributed by atoms with Crippen molar-refractivity contribution in [1.29, 1.82) is 0 Å². The van der Waals surface area contributed by atoms with E-state index in [1.165, 1.54) is 56.7 Å². The second kappa shape index (κ2) is 13.8. The maximum Gasteiger partial charge on any atom is 0.333 e. The fourth-order valence-corrected chi connectivity index (χ4v) is 7.48. The van der Waals surface area contributed by atoms with E-state index >= 15 is 0 Å². The first-order valence-electron chi connectivity index (χ1n) is 9.48. The van der Waals surface area contributed by atoms with Crippen LogP contribution in [-0.2, 0) is 14.0 Å². The molecule has 0 amide bonds. The summed E-state index contributed by atoms with van der Waals surface area (Å²) in [5, 5.41) is 0. The van der Waals surface area contributed by atoms with Crippen LogP contribution >= 0.6 is 0 Å². The highest BCUT2D eigenvalue weighted by Crippen LogP contribution is 2.29. The molecular weight excluding hydrogens is 304 g/mol. The van der Waals surface area contributed by atoms with E-state index in [2.05, 4.69) is 27.4 Å². The summed E-state index contributed by atoms with van der Waals surface area (Å²) in [6, 6.07) is 3.86. The smallest absolute Gasteiger partial charge is 0.333 e. The van der Waals surface area contributed by atoms with Crippen molar-refractivity contribution in [2.45, 2.75) is 90.8 Å². The van der Waals surface area contributed by atoms with E-state index in [9.17, 15) is 4.79 Å². The minimum absolute atomic E-state index is 0.295.